The summed E-state index contributed by atoms with van der Waals surface area (Å²) in [5.41, 5.74) is 1.32. The van der Waals surface area contributed by atoms with Gasteiger partial charge < -0.3 is 25.0 Å². The quantitative estimate of drug-likeness (QED) is 0.333. The van der Waals surface area contributed by atoms with Crippen molar-refractivity contribution >= 4 is 5.96 Å². The maximum atomic E-state index is 6.12. The minimum absolute atomic E-state index is 0.151. The van der Waals surface area contributed by atoms with E-state index in [1.807, 2.05) is 12.1 Å². The highest BCUT2D eigenvalue weighted by molar-refractivity contribution is 5.79. The van der Waals surface area contributed by atoms with E-state index in [1.165, 1.54) is 12.0 Å². The van der Waals surface area contributed by atoms with Crippen LogP contribution in [0.5, 0.6) is 5.75 Å². The van der Waals surface area contributed by atoms with Crippen molar-refractivity contribution in [3.8, 4) is 5.75 Å². The van der Waals surface area contributed by atoms with Crippen molar-refractivity contribution in [1.82, 2.24) is 15.5 Å². The van der Waals surface area contributed by atoms with Gasteiger partial charge in [-0.25, -0.2) is 4.99 Å². The van der Waals surface area contributed by atoms with E-state index < -0.39 is 0 Å². The second kappa shape index (κ2) is 12.9. The third kappa shape index (κ3) is 9.48. The average molecular weight is 433 g/mol. The summed E-state index contributed by atoms with van der Waals surface area (Å²) in [6.45, 7) is 13.9. The Morgan fingerprint density at radius 3 is 2.58 bits per heavy atom. The van der Waals surface area contributed by atoms with E-state index in [1.54, 1.807) is 0 Å². The molecule has 31 heavy (non-hydrogen) atoms. The van der Waals surface area contributed by atoms with E-state index in [4.69, 9.17) is 14.5 Å². The Balaban J connectivity index is 1.86. The zero-order valence-corrected chi connectivity index (χ0v) is 20.5. The molecule has 1 aliphatic rings. The number of nitrogens with one attached hydrogen (secondary N) is 2. The second-order valence-electron chi connectivity index (χ2n) is 9.79. The molecule has 1 heterocycles. The van der Waals surface area contributed by atoms with Crippen LogP contribution >= 0.6 is 0 Å². The van der Waals surface area contributed by atoms with Crippen molar-refractivity contribution in [3.05, 3.63) is 29.8 Å². The summed E-state index contributed by atoms with van der Waals surface area (Å²) in [6, 6.07) is 8.26. The van der Waals surface area contributed by atoms with Crippen molar-refractivity contribution in [1.29, 1.82) is 0 Å². The van der Waals surface area contributed by atoms with Gasteiger partial charge in [-0.05, 0) is 63.4 Å². The van der Waals surface area contributed by atoms with Gasteiger partial charge in [0, 0.05) is 32.2 Å². The molecule has 2 N–H and O–H groups in total. The summed E-state index contributed by atoms with van der Waals surface area (Å²) in [5, 5.41) is 6.92. The molecule has 2 rings (SSSR count). The van der Waals surface area contributed by atoms with Gasteiger partial charge in [0.25, 0.3) is 0 Å². The first-order chi connectivity index (χ1) is 14.8. The third-order valence-electron chi connectivity index (χ3n) is 5.54. The second-order valence-corrected chi connectivity index (χ2v) is 9.79. The van der Waals surface area contributed by atoms with Crippen LogP contribution in [0, 0.1) is 11.3 Å². The van der Waals surface area contributed by atoms with Crippen LogP contribution in [0.15, 0.2) is 29.3 Å². The maximum Gasteiger partial charge on any atom is 0.191 e. The Labute approximate surface area is 189 Å². The molecule has 1 fully saturated rings. The van der Waals surface area contributed by atoms with E-state index in [0.29, 0.717) is 12.5 Å². The molecule has 2 unspecified atom stereocenters. The molecular formula is C25H44N4O2. The van der Waals surface area contributed by atoms with Gasteiger partial charge in [0.2, 0.25) is 0 Å². The fraction of sp³-hybridized carbons (Fsp3) is 0.720. The molecule has 1 saturated heterocycles. The van der Waals surface area contributed by atoms with Crippen molar-refractivity contribution < 1.29 is 9.47 Å². The fourth-order valence-electron chi connectivity index (χ4n) is 4.01. The van der Waals surface area contributed by atoms with E-state index in [-0.39, 0.29) is 11.5 Å². The molecule has 0 aromatic heterocycles. The lowest BCUT2D eigenvalue weighted by Crippen LogP contribution is -2.47. The standard InChI is InChI=1S/C25H44N4O2/c1-7-26-24(28-19-21-10-8-16-31-23(21)25(2,3)4)27-18-20-11-13-22(14-12-20)30-17-9-15-29(5)6/h11-14,21,23H,7-10,15-19H2,1-6H3,(H2,26,27,28). The molecule has 1 aromatic rings. The van der Waals surface area contributed by atoms with Crippen LogP contribution in [0.25, 0.3) is 0 Å². The first-order valence-corrected chi connectivity index (χ1v) is 11.8. The summed E-state index contributed by atoms with van der Waals surface area (Å²) in [5.74, 6) is 2.29. The van der Waals surface area contributed by atoms with Gasteiger partial charge >= 0.3 is 0 Å². The number of guanidine groups is 1. The molecule has 0 saturated carbocycles. The molecule has 1 aromatic carbocycles. The van der Waals surface area contributed by atoms with Crippen LogP contribution < -0.4 is 15.4 Å². The van der Waals surface area contributed by atoms with Crippen LogP contribution in [-0.4, -0.2) is 63.9 Å². The highest BCUT2D eigenvalue weighted by Gasteiger charge is 2.35. The van der Waals surface area contributed by atoms with E-state index >= 15 is 0 Å². The number of aliphatic imine (C=N–C) groups is 1. The number of nitrogens with zero attached hydrogens (tertiary/aromatic N) is 2. The average Bonchev–Trinajstić information content (AvgIpc) is 2.73. The molecular weight excluding hydrogens is 388 g/mol. The minimum Gasteiger partial charge on any atom is -0.494 e. The van der Waals surface area contributed by atoms with E-state index in [2.05, 4.69) is 69.5 Å². The highest BCUT2D eigenvalue weighted by atomic mass is 16.5. The predicted molar refractivity (Wildman–Crippen MR) is 130 cm³/mol. The maximum absolute atomic E-state index is 6.12. The van der Waals surface area contributed by atoms with Crippen molar-refractivity contribution in [2.24, 2.45) is 16.3 Å². The van der Waals surface area contributed by atoms with Crippen molar-refractivity contribution in [3.63, 3.8) is 0 Å². The zero-order valence-electron chi connectivity index (χ0n) is 20.5. The Morgan fingerprint density at radius 2 is 1.94 bits per heavy atom. The monoisotopic (exact) mass is 432 g/mol. The van der Waals surface area contributed by atoms with Crippen LogP contribution in [0.2, 0.25) is 0 Å². The summed E-state index contributed by atoms with van der Waals surface area (Å²) in [6.07, 6.45) is 3.64. The lowest BCUT2D eigenvalue weighted by Gasteiger charge is -2.40. The summed E-state index contributed by atoms with van der Waals surface area (Å²) in [4.78, 5) is 6.96. The van der Waals surface area contributed by atoms with Gasteiger partial charge in [0.05, 0.1) is 19.3 Å². The molecule has 6 nitrogen and oxygen atoms in total. The Bertz CT molecular complexity index is 652. The van der Waals surface area contributed by atoms with Gasteiger partial charge in [0.15, 0.2) is 5.96 Å². The van der Waals surface area contributed by atoms with Gasteiger partial charge in [-0.1, -0.05) is 32.9 Å². The third-order valence-corrected chi connectivity index (χ3v) is 5.54. The van der Waals surface area contributed by atoms with Crippen LogP contribution in [0.3, 0.4) is 0 Å². The number of rotatable bonds is 10. The summed E-state index contributed by atoms with van der Waals surface area (Å²) < 4.78 is 11.9. The highest BCUT2D eigenvalue weighted by Crippen LogP contribution is 2.33. The number of ether oxygens (including phenoxy) is 2. The van der Waals surface area contributed by atoms with Gasteiger partial charge in [-0.2, -0.15) is 0 Å². The smallest absolute Gasteiger partial charge is 0.191 e. The SMILES string of the molecule is CCNC(=NCc1ccc(OCCCN(C)C)cc1)NCC1CCCOC1C(C)(C)C. The molecule has 2 atom stereocenters. The Hall–Kier alpha value is -1.79. The molecule has 1 aliphatic heterocycles. The van der Waals surface area contributed by atoms with Crippen LogP contribution in [-0.2, 0) is 11.3 Å². The predicted octanol–water partition coefficient (Wildman–Crippen LogP) is 3.91. The van der Waals surface area contributed by atoms with Crippen molar-refractivity contribution in [2.75, 3.05) is 46.9 Å². The minimum atomic E-state index is 0.151. The lowest BCUT2D eigenvalue weighted by atomic mass is 9.78. The molecule has 6 heteroatoms. The van der Waals surface area contributed by atoms with Gasteiger partial charge in [-0.15, -0.1) is 0 Å². The molecule has 0 spiro atoms. The van der Waals surface area contributed by atoms with E-state index in [0.717, 1.165) is 57.4 Å². The Morgan fingerprint density at radius 1 is 1.19 bits per heavy atom. The van der Waals surface area contributed by atoms with Crippen LogP contribution in [0.4, 0.5) is 0 Å². The molecule has 0 amide bonds. The Kier molecular flexibility index (Phi) is 10.6. The first kappa shape index (κ1) is 25.5. The fourth-order valence-corrected chi connectivity index (χ4v) is 4.01. The zero-order chi connectivity index (χ0) is 22.7. The molecule has 176 valence electrons. The van der Waals surface area contributed by atoms with Gasteiger partial charge in [-0.3, -0.25) is 0 Å². The van der Waals surface area contributed by atoms with Gasteiger partial charge in [0.1, 0.15) is 5.75 Å². The molecule has 0 radical (unpaired) electrons. The largest absolute Gasteiger partial charge is 0.494 e. The van der Waals surface area contributed by atoms with Crippen molar-refractivity contribution in [2.45, 2.75) is 59.6 Å². The summed E-state index contributed by atoms with van der Waals surface area (Å²) in [7, 11) is 4.16. The number of hydrogen-bond donors (Lipinski definition) is 2. The summed E-state index contributed by atoms with van der Waals surface area (Å²) >= 11 is 0. The number of benzene rings is 1. The molecule has 0 aliphatic carbocycles. The topological polar surface area (TPSA) is 58.1 Å². The first-order valence-electron chi connectivity index (χ1n) is 11.8. The normalized spacial score (nSPS) is 20.0. The lowest BCUT2D eigenvalue weighted by molar-refractivity contribution is -0.0835. The molecule has 0 bridgehead atoms. The van der Waals surface area contributed by atoms with E-state index in [9.17, 15) is 0 Å². The van der Waals surface area contributed by atoms with Crippen LogP contribution in [0.1, 0.15) is 52.5 Å². The number of hydrogen-bond acceptors (Lipinski definition) is 4.